The molecule has 20 heavy (non-hydrogen) atoms. The lowest BCUT2D eigenvalue weighted by molar-refractivity contribution is 0.132. The van der Waals surface area contributed by atoms with Crippen molar-refractivity contribution < 1.29 is 4.74 Å². The van der Waals surface area contributed by atoms with Gasteiger partial charge in [0.05, 0.1) is 6.61 Å². The number of likely N-dealkylation sites (N-methyl/N-ethyl adjacent to an activating group) is 1. The number of hydrogen-bond acceptors (Lipinski definition) is 3. The van der Waals surface area contributed by atoms with Gasteiger partial charge in [-0.05, 0) is 31.2 Å². The molecule has 114 valence electrons. The Hall–Kier alpha value is -0.610. The standard InChI is InChI=1S/C16H27ClN2O/c1-3-4-11-20-12-9-18-8-10-19(2)14-15-6-5-7-16(17)13-15/h5-7,13,18H,3-4,8-12,14H2,1-2H3. The van der Waals surface area contributed by atoms with Crippen molar-refractivity contribution in [2.75, 3.05) is 39.9 Å². The van der Waals surface area contributed by atoms with Crippen LogP contribution >= 0.6 is 11.6 Å². The Bertz CT molecular complexity index is 360. The highest BCUT2D eigenvalue weighted by molar-refractivity contribution is 6.30. The first-order chi connectivity index (χ1) is 9.72. The van der Waals surface area contributed by atoms with E-state index in [1.165, 1.54) is 12.0 Å². The second-order valence-electron chi connectivity index (χ2n) is 5.08. The molecular weight excluding hydrogens is 272 g/mol. The molecule has 0 heterocycles. The minimum Gasteiger partial charge on any atom is -0.380 e. The van der Waals surface area contributed by atoms with E-state index in [9.17, 15) is 0 Å². The zero-order valence-electron chi connectivity index (χ0n) is 12.7. The third-order valence-electron chi connectivity index (χ3n) is 3.08. The summed E-state index contributed by atoms with van der Waals surface area (Å²) < 4.78 is 5.50. The molecule has 1 aromatic carbocycles. The van der Waals surface area contributed by atoms with Crippen molar-refractivity contribution in [1.82, 2.24) is 10.2 Å². The molecule has 0 aliphatic rings. The van der Waals surface area contributed by atoms with Crippen molar-refractivity contribution in [2.45, 2.75) is 26.3 Å². The average Bonchev–Trinajstić information content (AvgIpc) is 2.42. The fourth-order valence-electron chi connectivity index (χ4n) is 1.91. The summed E-state index contributed by atoms with van der Waals surface area (Å²) in [7, 11) is 2.13. The summed E-state index contributed by atoms with van der Waals surface area (Å²) in [5.74, 6) is 0. The van der Waals surface area contributed by atoms with Crippen molar-refractivity contribution in [3.8, 4) is 0 Å². The summed E-state index contributed by atoms with van der Waals surface area (Å²) in [5.41, 5.74) is 1.25. The molecule has 0 aromatic heterocycles. The number of ether oxygens (including phenoxy) is 1. The van der Waals surface area contributed by atoms with Gasteiger partial charge in [0, 0.05) is 37.8 Å². The van der Waals surface area contributed by atoms with E-state index in [4.69, 9.17) is 16.3 Å². The molecule has 3 nitrogen and oxygen atoms in total. The maximum atomic E-state index is 5.98. The minimum absolute atomic E-state index is 0.804. The molecule has 0 amide bonds. The van der Waals surface area contributed by atoms with Gasteiger partial charge in [0.15, 0.2) is 0 Å². The van der Waals surface area contributed by atoms with Gasteiger partial charge < -0.3 is 15.0 Å². The quantitative estimate of drug-likeness (QED) is 0.635. The van der Waals surface area contributed by atoms with Crippen LogP contribution < -0.4 is 5.32 Å². The normalized spacial score (nSPS) is 11.2. The van der Waals surface area contributed by atoms with Gasteiger partial charge in [0.2, 0.25) is 0 Å². The third kappa shape index (κ3) is 8.54. The number of hydrogen-bond donors (Lipinski definition) is 1. The number of nitrogens with zero attached hydrogens (tertiary/aromatic N) is 1. The molecule has 4 heteroatoms. The lowest BCUT2D eigenvalue weighted by Gasteiger charge is -2.17. The maximum Gasteiger partial charge on any atom is 0.0590 e. The van der Waals surface area contributed by atoms with Gasteiger partial charge in [0.25, 0.3) is 0 Å². The molecule has 0 saturated heterocycles. The van der Waals surface area contributed by atoms with Crippen LogP contribution in [-0.4, -0.2) is 44.8 Å². The molecule has 0 fully saturated rings. The summed E-state index contributed by atoms with van der Waals surface area (Å²) in [5, 5.41) is 4.20. The smallest absolute Gasteiger partial charge is 0.0590 e. The van der Waals surface area contributed by atoms with Gasteiger partial charge in [-0.25, -0.2) is 0 Å². The molecule has 0 bridgehead atoms. The lowest BCUT2D eigenvalue weighted by Crippen LogP contribution is -2.30. The van der Waals surface area contributed by atoms with Crippen LogP contribution in [0.5, 0.6) is 0 Å². The Balaban J connectivity index is 2.01. The van der Waals surface area contributed by atoms with Gasteiger partial charge in [-0.3, -0.25) is 0 Å². The topological polar surface area (TPSA) is 24.5 Å². The van der Waals surface area contributed by atoms with Gasteiger partial charge >= 0.3 is 0 Å². The largest absolute Gasteiger partial charge is 0.380 e. The number of benzene rings is 1. The Morgan fingerprint density at radius 2 is 2.10 bits per heavy atom. The zero-order valence-corrected chi connectivity index (χ0v) is 13.5. The van der Waals surface area contributed by atoms with Crippen LogP contribution in [0, 0.1) is 0 Å². The highest BCUT2D eigenvalue weighted by Gasteiger charge is 2.00. The monoisotopic (exact) mass is 298 g/mol. The van der Waals surface area contributed by atoms with Crippen molar-refractivity contribution in [2.24, 2.45) is 0 Å². The molecule has 0 atom stereocenters. The minimum atomic E-state index is 0.804. The summed E-state index contributed by atoms with van der Waals surface area (Å²) in [6.07, 6.45) is 2.35. The summed E-state index contributed by atoms with van der Waals surface area (Å²) in [4.78, 5) is 2.29. The maximum absolute atomic E-state index is 5.98. The molecule has 0 radical (unpaired) electrons. The second-order valence-corrected chi connectivity index (χ2v) is 5.52. The molecule has 0 aliphatic carbocycles. The average molecular weight is 299 g/mol. The predicted molar refractivity (Wildman–Crippen MR) is 86.4 cm³/mol. The molecular formula is C16H27ClN2O. The summed E-state index contributed by atoms with van der Waals surface area (Å²) in [6, 6.07) is 8.03. The van der Waals surface area contributed by atoms with Crippen molar-refractivity contribution in [3.05, 3.63) is 34.9 Å². The van der Waals surface area contributed by atoms with Crippen LogP contribution in [-0.2, 0) is 11.3 Å². The number of unbranched alkanes of at least 4 members (excludes halogenated alkanes) is 1. The van der Waals surface area contributed by atoms with Crippen molar-refractivity contribution in [1.29, 1.82) is 0 Å². The number of rotatable bonds is 11. The lowest BCUT2D eigenvalue weighted by atomic mass is 10.2. The van der Waals surface area contributed by atoms with Gasteiger partial charge in [0.1, 0.15) is 0 Å². The third-order valence-corrected chi connectivity index (χ3v) is 3.31. The fourth-order valence-corrected chi connectivity index (χ4v) is 2.13. The van der Waals surface area contributed by atoms with Crippen LogP contribution in [0.4, 0.5) is 0 Å². The Labute approximate surface area is 128 Å². The summed E-state index contributed by atoms with van der Waals surface area (Å²) in [6.45, 7) is 7.71. The number of nitrogens with one attached hydrogen (secondary N) is 1. The van der Waals surface area contributed by atoms with E-state index in [0.29, 0.717) is 0 Å². The zero-order chi connectivity index (χ0) is 14.6. The first-order valence-corrected chi connectivity index (χ1v) is 7.81. The Morgan fingerprint density at radius 3 is 2.85 bits per heavy atom. The van der Waals surface area contributed by atoms with E-state index in [2.05, 4.69) is 30.3 Å². The first-order valence-electron chi connectivity index (χ1n) is 7.44. The van der Waals surface area contributed by atoms with Crippen LogP contribution in [0.3, 0.4) is 0 Å². The van der Waals surface area contributed by atoms with Crippen molar-refractivity contribution >= 4 is 11.6 Å². The SMILES string of the molecule is CCCCOCCNCCN(C)Cc1cccc(Cl)c1. The van der Waals surface area contributed by atoms with E-state index in [1.807, 2.05) is 18.2 Å². The predicted octanol–water partition coefficient (Wildman–Crippen LogP) is 3.18. The van der Waals surface area contributed by atoms with Crippen LogP contribution in [0.15, 0.2) is 24.3 Å². The Morgan fingerprint density at radius 1 is 1.25 bits per heavy atom. The molecule has 1 rings (SSSR count). The van der Waals surface area contributed by atoms with E-state index >= 15 is 0 Å². The van der Waals surface area contributed by atoms with Crippen LogP contribution in [0.25, 0.3) is 0 Å². The van der Waals surface area contributed by atoms with E-state index in [0.717, 1.165) is 50.8 Å². The summed E-state index contributed by atoms with van der Waals surface area (Å²) >= 11 is 5.98. The molecule has 0 aliphatic heterocycles. The molecule has 1 aromatic rings. The van der Waals surface area contributed by atoms with E-state index in [1.54, 1.807) is 0 Å². The fraction of sp³-hybridized carbons (Fsp3) is 0.625. The number of halogens is 1. The Kier molecular flexibility index (Phi) is 9.67. The molecule has 1 N–H and O–H groups in total. The van der Waals surface area contributed by atoms with Gasteiger partial charge in [-0.2, -0.15) is 0 Å². The van der Waals surface area contributed by atoms with Gasteiger partial charge in [-0.1, -0.05) is 37.1 Å². The van der Waals surface area contributed by atoms with Crippen LogP contribution in [0.2, 0.25) is 5.02 Å². The van der Waals surface area contributed by atoms with Gasteiger partial charge in [-0.15, -0.1) is 0 Å². The molecule has 0 saturated carbocycles. The highest BCUT2D eigenvalue weighted by Crippen LogP contribution is 2.11. The van der Waals surface area contributed by atoms with E-state index in [-0.39, 0.29) is 0 Å². The molecule has 0 spiro atoms. The second kappa shape index (κ2) is 11.1. The first kappa shape index (κ1) is 17.4. The van der Waals surface area contributed by atoms with E-state index < -0.39 is 0 Å². The highest BCUT2D eigenvalue weighted by atomic mass is 35.5. The van der Waals surface area contributed by atoms with Crippen molar-refractivity contribution in [3.63, 3.8) is 0 Å². The molecule has 0 unspecified atom stereocenters. The van der Waals surface area contributed by atoms with Crippen LogP contribution in [0.1, 0.15) is 25.3 Å².